The fraction of sp³-hybridized carbons (Fsp3) is 0. The fourth-order valence-corrected chi connectivity index (χ4v) is 16.9. The van der Waals surface area contributed by atoms with Gasteiger partial charge in [-0.05, 0) is 167 Å². The monoisotopic (exact) mass is 1530 g/mol. The number of nitrogens with zero attached hydrogens (tertiary/aromatic N) is 6. The van der Waals surface area contributed by atoms with Crippen LogP contribution in [0.25, 0.3) is 222 Å². The summed E-state index contributed by atoms with van der Waals surface area (Å²) in [6.07, 6.45) is 0. The first-order valence-corrected chi connectivity index (χ1v) is 40.7. The van der Waals surface area contributed by atoms with E-state index in [4.69, 9.17) is 29.9 Å². The standard InChI is InChI=1S/C59H39N3.C55H35N3/c1-5-18-40(19-6-1)48-36-49(41-20-7-2-8-21-41)38-50(37-48)56-39-55(61-59(62-56)43-24-11-4-12-25-43)47-29-16-27-45(35-47)44-26-15-28-46(34-44)51-31-17-32-53-57(51)52-30-13-14-33-54(52)60-58(53)42-22-9-3-10-23-42;1-2-15-38(16-3-1)54-49-25-12-24-47(53(49)48-23-8-9-26-50(48)56-54)43-21-10-19-41(31-43)42-20-11-22-44(33-42)51-35-52(45-29-27-36-13-4-6-17-39(36)32-45)58-55(57-51)46-30-28-37-14-5-7-18-40(37)34-46/h1-39H;1-35H. The van der Waals surface area contributed by atoms with Crippen molar-refractivity contribution in [2.75, 3.05) is 0 Å². The summed E-state index contributed by atoms with van der Waals surface area (Å²) in [4.78, 5) is 31.3. The van der Waals surface area contributed by atoms with Crippen LogP contribution in [-0.4, -0.2) is 29.9 Å². The van der Waals surface area contributed by atoms with Crippen LogP contribution in [0.5, 0.6) is 0 Å². The minimum absolute atomic E-state index is 0.685. The topological polar surface area (TPSA) is 77.3 Å². The summed E-state index contributed by atoms with van der Waals surface area (Å²) in [5, 5.41) is 11.7. The first kappa shape index (κ1) is 71.7. The summed E-state index contributed by atoms with van der Waals surface area (Å²) in [5.74, 6) is 1.38. The average Bonchev–Trinajstić information content (AvgIpc) is 0.745. The van der Waals surface area contributed by atoms with E-state index in [1.807, 2.05) is 18.2 Å². The van der Waals surface area contributed by atoms with Gasteiger partial charge in [0.15, 0.2) is 11.6 Å². The first-order chi connectivity index (χ1) is 59.4. The van der Waals surface area contributed by atoms with Crippen molar-refractivity contribution in [2.45, 2.75) is 0 Å². The van der Waals surface area contributed by atoms with E-state index in [0.717, 1.165) is 172 Å². The van der Waals surface area contributed by atoms with Gasteiger partial charge in [-0.25, -0.2) is 29.9 Å². The Morgan fingerprint density at radius 1 is 0.133 bits per heavy atom. The highest BCUT2D eigenvalue weighted by molar-refractivity contribution is 6.19. The fourth-order valence-electron chi connectivity index (χ4n) is 16.9. The van der Waals surface area contributed by atoms with Gasteiger partial charge in [0.2, 0.25) is 0 Å². The van der Waals surface area contributed by atoms with Gasteiger partial charge in [-0.15, -0.1) is 0 Å². The van der Waals surface area contributed by atoms with Crippen LogP contribution >= 0.6 is 0 Å². The molecule has 0 bridgehead atoms. The van der Waals surface area contributed by atoms with Crippen LogP contribution in [0.15, 0.2) is 449 Å². The molecule has 0 N–H and O–H groups in total. The van der Waals surface area contributed by atoms with Gasteiger partial charge in [0, 0.05) is 76.8 Å². The van der Waals surface area contributed by atoms with Crippen molar-refractivity contribution in [3.8, 4) is 157 Å². The number of rotatable bonds is 14. The van der Waals surface area contributed by atoms with Crippen molar-refractivity contribution in [3.63, 3.8) is 0 Å². The van der Waals surface area contributed by atoms with Gasteiger partial charge < -0.3 is 0 Å². The number of aromatic nitrogens is 6. The highest BCUT2D eigenvalue weighted by Crippen LogP contribution is 2.44. The second-order valence-corrected chi connectivity index (χ2v) is 30.4. The average molecular weight is 1530 g/mol. The van der Waals surface area contributed by atoms with Gasteiger partial charge in [0.25, 0.3) is 0 Å². The molecule has 0 spiro atoms. The van der Waals surface area contributed by atoms with Gasteiger partial charge in [0.1, 0.15) is 0 Å². The molecule has 0 atom stereocenters. The lowest BCUT2D eigenvalue weighted by Gasteiger charge is -2.15. The maximum absolute atomic E-state index is 5.25. The van der Waals surface area contributed by atoms with Crippen molar-refractivity contribution in [3.05, 3.63) is 449 Å². The first-order valence-electron chi connectivity index (χ1n) is 40.7. The van der Waals surface area contributed by atoms with E-state index in [1.165, 1.54) is 38.1 Å². The molecule has 560 valence electrons. The third-order valence-corrected chi connectivity index (χ3v) is 22.9. The van der Waals surface area contributed by atoms with E-state index in [-0.39, 0.29) is 0 Å². The number of pyridine rings is 2. The highest BCUT2D eigenvalue weighted by atomic mass is 14.9. The summed E-state index contributed by atoms with van der Waals surface area (Å²) < 4.78 is 0. The molecule has 0 saturated carbocycles. The van der Waals surface area contributed by atoms with Crippen molar-refractivity contribution in [1.82, 2.24) is 29.9 Å². The van der Waals surface area contributed by atoms with Crippen LogP contribution in [0, 0.1) is 0 Å². The predicted molar refractivity (Wildman–Crippen MR) is 501 cm³/mol. The Labute approximate surface area is 696 Å². The van der Waals surface area contributed by atoms with Gasteiger partial charge in [0.05, 0.1) is 45.2 Å². The van der Waals surface area contributed by atoms with E-state index in [9.17, 15) is 0 Å². The number of para-hydroxylation sites is 2. The van der Waals surface area contributed by atoms with E-state index < -0.39 is 0 Å². The summed E-state index contributed by atoms with van der Waals surface area (Å²) >= 11 is 0. The number of hydrogen-bond donors (Lipinski definition) is 0. The van der Waals surface area contributed by atoms with Crippen LogP contribution in [0.4, 0.5) is 0 Å². The van der Waals surface area contributed by atoms with Crippen LogP contribution < -0.4 is 0 Å². The minimum Gasteiger partial charge on any atom is -0.247 e. The Kier molecular flexibility index (Phi) is 18.9. The molecule has 0 saturated heterocycles. The molecule has 0 amide bonds. The number of hydrogen-bond acceptors (Lipinski definition) is 6. The van der Waals surface area contributed by atoms with Crippen molar-refractivity contribution in [1.29, 1.82) is 0 Å². The van der Waals surface area contributed by atoms with Gasteiger partial charge in [-0.2, -0.15) is 0 Å². The third-order valence-electron chi connectivity index (χ3n) is 22.9. The van der Waals surface area contributed by atoms with E-state index >= 15 is 0 Å². The quantitative estimate of drug-likeness (QED) is 0.101. The molecule has 120 heavy (non-hydrogen) atoms. The second kappa shape index (κ2) is 31.6. The molecule has 0 radical (unpaired) electrons. The molecule has 22 aromatic rings. The molecule has 4 aromatic heterocycles. The molecule has 18 aromatic carbocycles. The van der Waals surface area contributed by atoms with Crippen LogP contribution in [0.3, 0.4) is 0 Å². The minimum atomic E-state index is 0.685. The van der Waals surface area contributed by atoms with Crippen molar-refractivity contribution < 1.29 is 0 Å². The Morgan fingerprint density at radius 3 is 0.858 bits per heavy atom. The Bertz CT molecular complexity index is 7490. The normalized spacial score (nSPS) is 11.3. The van der Waals surface area contributed by atoms with Crippen molar-refractivity contribution in [2.24, 2.45) is 0 Å². The maximum Gasteiger partial charge on any atom is 0.160 e. The Balaban J connectivity index is 0.000000149. The van der Waals surface area contributed by atoms with Crippen LogP contribution in [0.1, 0.15) is 0 Å². The smallest absolute Gasteiger partial charge is 0.160 e. The number of benzene rings is 18. The van der Waals surface area contributed by atoms with E-state index in [2.05, 4.69) is 431 Å². The van der Waals surface area contributed by atoms with E-state index in [0.29, 0.717) is 11.6 Å². The maximum atomic E-state index is 5.25. The number of fused-ring (bicyclic) bond motifs is 8. The molecule has 0 aliphatic rings. The summed E-state index contributed by atoms with van der Waals surface area (Å²) in [6, 6.07) is 159. The Morgan fingerprint density at radius 2 is 0.417 bits per heavy atom. The lowest BCUT2D eigenvalue weighted by atomic mass is 9.91. The summed E-state index contributed by atoms with van der Waals surface area (Å²) in [6.45, 7) is 0. The summed E-state index contributed by atoms with van der Waals surface area (Å²) in [7, 11) is 0. The zero-order valence-corrected chi connectivity index (χ0v) is 65.4. The molecule has 6 heteroatoms. The van der Waals surface area contributed by atoms with Gasteiger partial charge >= 0.3 is 0 Å². The molecule has 0 fully saturated rings. The molecule has 4 heterocycles. The summed E-state index contributed by atoms with van der Waals surface area (Å²) in [5.41, 5.74) is 29.5. The van der Waals surface area contributed by atoms with Gasteiger partial charge in [-0.3, -0.25) is 0 Å². The zero-order valence-electron chi connectivity index (χ0n) is 65.4. The molecule has 0 unspecified atom stereocenters. The molecule has 22 rings (SSSR count). The zero-order chi connectivity index (χ0) is 79.7. The van der Waals surface area contributed by atoms with Crippen molar-refractivity contribution >= 4 is 64.9 Å². The third kappa shape index (κ3) is 14.3. The molecular weight excluding hydrogens is 1450 g/mol. The Hall–Kier alpha value is -16.0. The van der Waals surface area contributed by atoms with Crippen LogP contribution in [0.2, 0.25) is 0 Å². The lowest BCUT2D eigenvalue weighted by molar-refractivity contribution is 1.18. The molecule has 0 aliphatic heterocycles. The SMILES string of the molecule is c1ccc(-c2cc(-c3ccccc3)cc(-c3cc(-c4cccc(-c5cccc(-c6cccc7c(-c8ccccc8)nc8ccccc8c67)c5)c4)nc(-c4ccccc4)n3)c2)cc1.c1ccc(-c2nc3ccccc3c3c(-c4cccc(-c5cccc(-c6cc(-c7ccc8ccccc8c7)nc(-c7ccc8ccccc8c7)n6)c5)c4)cccc23)cc1. The van der Waals surface area contributed by atoms with Gasteiger partial charge in [-0.1, -0.05) is 370 Å². The largest absolute Gasteiger partial charge is 0.247 e. The van der Waals surface area contributed by atoms with Crippen LogP contribution in [-0.2, 0) is 0 Å². The molecular formula is C114H74N6. The molecule has 6 nitrogen and oxygen atoms in total. The van der Waals surface area contributed by atoms with E-state index in [1.54, 1.807) is 0 Å². The predicted octanol–water partition coefficient (Wildman–Crippen LogP) is 30.0. The highest BCUT2D eigenvalue weighted by Gasteiger charge is 2.21. The second-order valence-electron chi connectivity index (χ2n) is 30.4. The lowest BCUT2D eigenvalue weighted by Crippen LogP contribution is -1.97. The molecule has 0 aliphatic carbocycles.